The third kappa shape index (κ3) is 4.91. The number of piperazine rings is 1. The molecule has 1 aromatic carbocycles. The van der Waals surface area contributed by atoms with Crippen molar-refractivity contribution in [3.05, 3.63) is 24.3 Å². The molecule has 0 atom stereocenters. The summed E-state index contributed by atoms with van der Waals surface area (Å²) in [6.07, 6.45) is 0. The van der Waals surface area contributed by atoms with Crippen LogP contribution in [0.2, 0.25) is 0 Å². The lowest BCUT2D eigenvalue weighted by Gasteiger charge is -2.27. The first-order valence-corrected chi connectivity index (χ1v) is 6.60. The molecule has 0 spiro atoms. The number of nitrogens with zero attached hydrogens (tertiary/aromatic N) is 1. The monoisotopic (exact) mass is 314 g/mol. The largest absolute Gasteiger partial charge is 0.482 e. The summed E-state index contributed by atoms with van der Waals surface area (Å²) in [6, 6.07) is 7.10. The van der Waals surface area contributed by atoms with Gasteiger partial charge in [0.25, 0.3) is 0 Å². The van der Waals surface area contributed by atoms with Crippen molar-refractivity contribution in [3.63, 3.8) is 0 Å². The van der Waals surface area contributed by atoms with Crippen molar-refractivity contribution in [2.45, 2.75) is 6.92 Å². The smallest absolute Gasteiger partial charge is 0.344 e. The molecule has 1 N–H and O–H groups in total. The normalized spacial score (nSPS) is 14.3. The second-order valence-corrected chi connectivity index (χ2v) is 4.31. The standard InChI is InChI=1S/C14H18N2O4.ClH/c1-2-19-14(18)10-20-12-5-3-11(4-6-12)16-8-7-15-9-13(16)17;/h3-6,15H,2,7-10H2,1H3;1H. The topological polar surface area (TPSA) is 67.9 Å². The number of benzene rings is 1. The molecule has 1 fully saturated rings. The molecule has 0 aromatic heterocycles. The fraction of sp³-hybridized carbons (Fsp3) is 0.429. The minimum Gasteiger partial charge on any atom is -0.482 e. The Bertz CT molecular complexity index is 478. The van der Waals surface area contributed by atoms with Crippen LogP contribution in [-0.2, 0) is 14.3 Å². The molecule has 1 aromatic rings. The van der Waals surface area contributed by atoms with Crippen LogP contribution in [0.3, 0.4) is 0 Å². The number of rotatable bonds is 5. The fourth-order valence-corrected chi connectivity index (χ4v) is 1.95. The lowest BCUT2D eigenvalue weighted by Crippen LogP contribution is -2.48. The highest BCUT2D eigenvalue weighted by atomic mass is 35.5. The molecule has 6 nitrogen and oxygen atoms in total. The molecule has 1 saturated heterocycles. The van der Waals surface area contributed by atoms with Crippen LogP contribution in [0.4, 0.5) is 5.69 Å². The molecule has 0 aliphatic carbocycles. The van der Waals surface area contributed by atoms with Crippen molar-refractivity contribution in [1.29, 1.82) is 0 Å². The summed E-state index contributed by atoms with van der Waals surface area (Å²) in [4.78, 5) is 24.6. The summed E-state index contributed by atoms with van der Waals surface area (Å²) in [5, 5.41) is 3.02. The molecule has 21 heavy (non-hydrogen) atoms. The second kappa shape index (κ2) is 8.49. The van der Waals surface area contributed by atoms with Gasteiger partial charge in [-0.1, -0.05) is 0 Å². The van der Waals surface area contributed by atoms with Crippen LogP contribution < -0.4 is 15.0 Å². The van der Waals surface area contributed by atoms with E-state index in [-0.39, 0.29) is 24.9 Å². The molecule has 0 unspecified atom stereocenters. The predicted octanol–water partition coefficient (Wildman–Crippen LogP) is 0.986. The molecular formula is C14H19ClN2O4. The minimum absolute atomic E-state index is 0. The van der Waals surface area contributed by atoms with Gasteiger partial charge in [-0.3, -0.25) is 4.79 Å². The van der Waals surface area contributed by atoms with E-state index >= 15 is 0 Å². The molecule has 7 heteroatoms. The number of amides is 1. The molecule has 1 amide bonds. The number of carbonyl (C=O) groups is 2. The first-order chi connectivity index (χ1) is 9.70. The maximum atomic E-state index is 11.7. The third-order valence-electron chi connectivity index (χ3n) is 2.90. The number of ether oxygens (including phenoxy) is 2. The van der Waals surface area contributed by atoms with Gasteiger partial charge in [-0.05, 0) is 31.2 Å². The number of anilines is 1. The average Bonchev–Trinajstić information content (AvgIpc) is 2.47. The van der Waals surface area contributed by atoms with E-state index in [1.807, 2.05) is 12.1 Å². The van der Waals surface area contributed by atoms with Gasteiger partial charge in [0, 0.05) is 18.8 Å². The Morgan fingerprint density at radius 3 is 2.67 bits per heavy atom. The summed E-state index contributed by atoms with van der Waals surface area (Å²) in [5.41, 5.74) is 0.833. The van der Waals surface area contributed by atoms with Gasteiger partial charge in [-0.15, -0.1) is 12.4 Å². The molecule has 1 aliphatic rings. The van der Waals surface area contributed by atoms with Gasteiger partial charge in [0.05, 0.1) is 13.2 Å². The number of carbonyl (C=O) groups excluding carboxylic acids is 2. The zero-order valence-corrected chi connectivity index (χ0v) is 12.6. The first kappa shape index (κ1) is 17.3. The van der Waals surface area contributed by atoms with Crippen molar-refractivity contribution in [2.75, 3.05) is 37.7 Å². The summed E-state index contributed by atoms with van der Waals surface area (Å²) >= 11 is 0. The van der Waals surface area contributed by atoms with Crippen molar-refractivity contribution in [3.8, 4) is 5.75 Å². The third-order valence-corrected chi connectivity index (χ3v) is 2.90. The predicted molar refractivity (Wildman–Crippen MR) is 81.0 cm³/mol. The summed E-state index contributed by atoms with van der Waals surface area (Å²) < 4.78 is 10.1. The van der Waals surface area contributed by atoms with Crippen LogP contribution in [0.15, 0.2) is 24.3 Å². The molecule has 0 bridgehead atoms. The Kier molecular flexibility index (Phi) is 6.98. The van der Waals surface area contributed by atoms with E-state index in [9.17, 15) is 9.59 Å². The van der Waals surface area contributed by atoms with Gasteiger partial charge in [0.2, 0.25) is 5.91 Å². The van der Waals surface area contributed by atoms with Crippen molar-refractivity contribution in [1.82, 2.24) is 5.32 Å². The number of nitrogens with one attached hydrogen (secondary N) is 1. The Morgan fingerprint density at radius 1 is 1.33 bits per heavy atom. The van der Waals surface area contributed by atoms with E-state index in [1.54, 1.807) is 24.0 Å². The molecule has 0 radical (unpaired) electrons. The molecule has 1 aliphatic heterocycles. The molecule has 1 heterocycles. The quantitative estimate of drug-likeness (QED) is 0.821. The van der Waals surface area contributed by atoms with E-state index in [0.29, 0.717) is 25.4 Å². The second-order valence-electron chi connectivity index (χ2n) is 4.31. The van der Waals surface area contributed by atoms with Crippen LogP contribution in [-0.4, -0.2) is 44.7 Å². The van der Waals surface area contributed by atoms with Crippen molar-refractivity contribution >= 4 is 30.0 Å². The lowest BCUT2D eigenvalue weighted by atomic mass is 10.2. The van der Waals surface area contributed by atoms with Crippen LogP contribution in [0.25, 0.3) is 0 Å². The Labute approximate surface area is 129 Å². The van der Waals surface area contributed by atoms with Crippen LogP contribution in [0.5, 0.6) is 5.75 Å². The maximum Gasteiger partial charge on any atom is 0.344 e. The summed E-state index contributed by atoms with van der Waals surface area (Å²) in [6.45, 7) is 3.78. The van der Waals surface area contributed by atoms with E-state index in [0.717, 1.165) is 12.2 Å². The highest BCUT2D eigenvalue weighted by molar-refractivity contribution is 5.95. The van der Waals surface area contributed by atoms with Gasteiger partial charge in [-0.25, -0.2) is 4.79 Å². The van der Waals surface area contributed by atoms with Crippen LogP contribution in [0.1, 0.15) is 6.92 Å². The van der Waals surface area contributed by atoms with Gasteiger partial charge >= 0.3 is 5.97 Å². The number of esters is 1. The van der Waals surface area contributed by atoms with E-state index in [2.05, 4.69) is 5.32 Å². The average molecular weight is 315 g/mol. The zero-order valence-electron chi connectivity index (χ0n) is 11.8. The SMILES string of the molecule is CCOC(=O)COc1ccc(N2CCNCC2=O)cc1.Cl. The summed E-state index contributed by atoms with van der Waals surface area (Å²) in [5.74, 6) is 0.231. The van der Waals surface area contributed by atoms with Crippen molar-refractivity contribution < 1.29 is 19.1 Å². The van der Waals surface area contributed by atoms with Gasteiger partial charge in [-0.2, -0.15) is 0 Å². The molecule has 116 valence electrons. The molecule has 0 saturated carbocycles. The zero-order chi connectivity index (χ0) is 14.4. The minimum atomic E-state index is -0.395. The number of halogens is 1. The summed E-state index contributed by atoms with van der Waals surface area (Å²) in [7, 11) is 0. The van der Waals surface area contributed by atoms with E-state index < -0.39 is 5.97 Å². The Hall–Kier alpha value is -1.79. The number of hydrogen-bond acceptors (Lipinski definition) is 5. The van der Waals surface area contributed by atoms with Crippen molar-refractivity contribution in [2.24, 2.45) is 0 Å². The van der Waals surface area contributed by atoms with Gasteiger partial charge < -0.3 is 19.7 Å². The molecule has 2 rings (SSSR count). The first-order valence-electron chi connectivity index (χ1n) is 6.60. The Morgan fingerprint density at radius 2 is 2.05 bits per heavy atom. The van der Waals surface area contributed by atoms with Crippen LogP contribution >= 0.6 is 12.4 Å². The maximum absolute atomic E-state index is 11.7. The fourth-order valence-electron chi connectivity index (χ4n) is 1.95. The number of hydrogen-bond donors (Lipinski definition) is 1. The van der Waals surface area contributed by atoms with E-state index in [1.165, 1.54) is 0 Å². The van der Waals surface area contributed by atoms with E-state index in [4.69, 9.17) is 9.47 Å². The van der Waals surface area contributed by atoms with Gasteiger partial charge in [0.15, 0.2) is 6.61 Å². The Balaban J connectivity index is 0.00000220. The van der Waals surface area contributed by atoms with Crippen LogP contribution in [0, 0.1) is 0 Å². The lowest BCUT2D eigenvalue weighted by molar-refractivity contribution is -0.145. The highest BCUT2D eigenvalue weighted by Gasteiger charge is 2.18. The highest BCUT2D eigenvalue weighted by Crippen LogP contribution is 2.20. The molecular weight excluding hydrogens is 296 g/mol. The van der Waals surface area contributed by atoms with Gasteiger partial charge in [0.1, 0.15) is 5.75 Å².